The van der Waals surface area contributed by atoms with E-state index in [1.54, 1.807) is 0 Å². The number of carbonyl (C=O) groups is 1. The van der Waals surface area contributed by atoms with Crippen LogP contribution in [0.5, 0.6) is 0 Å². The van der Waals surface area contributed by atoms with Crippen LogP contribution < -0.4 is 5.32 Å². The van der Waals surface area contributed by atoms with Gasteiger partial charge in [0.2, 0.25) is 5.91 Å². The van der Waals surface area contributed by atoms with Crippen molar-refractivity contribution in [3.63, 3.8) is 0 Å². The molecule has 30 heavy (non-hydrogen) atoms. The zero-order valence-electron chi connectivity index (χ0n) is 17.5. The molecule has 158 valence electrons. The van der Waals surface area contributed by atoms with Gasteiger partial charge in [-0.25, -0.2) is 0 Å². The van der Waals surface area contributed by atoms with Crippen molar-refractivity contribution < 1.29 is 4.79 Å². The van der Waals surface area contributed by atoms with Crippen molar-refractivity contribution in [2.75, 3.05) is 5.75 Å². The van der Waals surface area contributed by atoms with Crippen molar-refractivity contribution in [3.8, 4) is 0 Å². The molecule has 3 aromatic rings. The maximum absolute atomic E-state index is 12.5. The average molecular weight is 424 g/mol. The number of aromatic nitrogens is 4. The lowest BCUT2D eigenvalue weighted by molar-refractivity contribution is -0.119. The molecule has 4 rings (SSSR count). The number of rotatable bonds is 8. The average Bonchev–Trinajstić information content (AvgIpc) is 3.34. The van der Waals surface area contributed by atoms with Gasteiger partial charge in [0.05, 0.1) is 12.3 Å². The van der Waals surface area contributed by atoms with E-state index in [-0.39, 0.29) is 5.91 Å². The second-order valence-corrected chi connectivity index (χ2v) is 8.89. The molecule has 1 N–H and O–H groups in total. The Kier molecular flexibility index (Phi) is 6.89. The molecule has 0 aliphatic heterocycles. The van der Waals surface area contributed by atoms with Crippen LogP contribution in [0.25, 0.3) is 0 Å². The molecule has 0 unspecified atom stereocenters. The van der Waals surface area contributed by atoms with E-state index in [4.69, 9.17) is 0 Å². The van der Waals surface area contributed by atoms with Gasteiger partial charge in [-0.2, -0.15) is 0 Å². The summed E-state index contributed by atoms with van der Waals surface area (Å²) in [6.45, 7) is 0.695. The monoisotopic (exact) mass is 423 g/mol. The molecule has 1 amide bonds. The number of nitrogens with zero attached hydrogens (tertiary/aromatic N) is 4. The highest BCUT2D eigenvalue weighted by Crippen LogP contribution is 2.22. The second-order valence-electron chi connectivity index (χ2n) is 7.95. The van der Waals surface area contributed by atoms with Gasteiger partial charge in [0, 0.05) is 31.4 Å². The molecular formula is C23H29N5OS. The quantitative estimate of drug-likeness (QED) is 0.560. The largest absolute Gasteiger partial charge is 0.354 e. The molecule has 1 aliphatic rings. The van der Waals surface area contributed by atoms with Gasteiger partial charge >= 0.3 is 0 Å². The third-order valence-corrected chi connectivity index (χ3v) is 6.64. The molecule has 0 saturated heterocycles. The summed E-state index contributed by atoms with van der Waals surface area (Å²) in [4.78, 5) is 12.5. The van der Waals surface area contributed by atoms with Crippen molar-refractivity contribution in [3.05, 3.63) is 65.7 Å². The van der Waals surface area contributed by atoms with Crippen LogP contribution in [0.2, 0.25) is 0 Å². The molecule has 0 radical (unpaired) electrons. The van der Waals surface area contributed by atoms with E-state index in [0.717, 1.165) is 23.8 Å². The molecule has 0 spiro atoms. The van der Waals surface area contributed by atoms with Gasteiger partial charge in [-0.3, -0.25) is 4.79 Å². The standard InChI is InChI=1S/C23H29N5OS/c1-27-14-8-13-20(27)15-21-25-26-23(28(21)16-18-9-4-2-5-10-18)30-17-22(29)24-19-11-6-3-7-12-19/h2,4-5,8-10,13-14,19H,3,6-7,11-12,15-17H2,1H3,(H,24,29). The van der Waals surface area contributed by atoms with E-state index in [1.807, 2.05) is 37.5 Å². The summed E-state index contributed by atoms with van der Waals surface area (Å²) in [6, 6.07) is 14.8. The predicted octanol–water partition coefficient (Wildman–Crippen LogP) is 3.80. The summed E-state index contributed by atoms with van der Waals surface area (Å²) in [5, 5.41) is 12.9. The van der Waals surface area contributed by atoms with Crippen molar-refractivity contribution in [1.82, 2.24) is 24.6 Å². The van der Waals surface area contributed by atoms with Gasteiger partial charge in [0.1, 0.15) is 5.82 Å². The highest BCUT2D eigenvalue weighted by Gasteiger charge is 2.18. The summed E-state index contributed by atoms with van der Waals surface area (Å²) < 4.78 is 4.24. The minimum atomic E-state index is 0.0881. The zero-order valence-corrected chi connectivity index (χ0v) is 18.3. The molecule has 0 bridgehead atoms. The van der Waals surface area contributed by atoms with Gasteiger partial charge < -0.3 is 14.5 Å². The Balaban J connectivity index is 1.47. The lowest BCUT2D eigenvalue weighted by Crippen LogP contribution is -2.37. The lowest BCUT2D eigenvalue weighted by Gasteiger charge is -2.22. The highest BCUT2D eigenvalue weighted by molar-refractivity contribution is 7.99. The van der Waals surface area contributed by atoms with Crippen LogP contribution in [0.1, 0.15) is 49.2 Å². The van der Waals surface area contributed by atoms with Crippen LogP contribution in [0, 0.1) is 0 Å². The van der Waals surface area contributed by atoms with E-state index in [9.17, 15) is 4.79 Å². The fourth-order valence-corrected chi connectivity index (χ4v) is 4.74. The predicted molar refractivity (Wildman–Crippen MR) is 120 cm³/mol. The van der Waals surface area contributed by atoms with Gasteiger partial charge in [0.15, 0.2) is 5.16 Å². The topological polar surface area (TPSA) is 64.7 Å². The Morgan fingerprint density at radius 3 is 2.63 bits per heavy atom. The first-order valence-corrected chi connectivity index (χ1v) is 11.7. The first kappa shape index (κ1) is 20.7. The Labute approximate surface area is 182 Å². The number of aryl methyl sites for hydroxylation is 1. The van der Waals surface area contributed by atoms with Crippen molar-refractivity contribution in [2.24, 2.45) is 7.05 Å². The van der Waals surface area contributed by atoms with Crippen LogP contribution in [0.15, 0.2) is 53.8 Å². The molecule has 1 aromatic carbocycles. The fraction of sp³-hybridized carbons (Fsp3) is 0.435. The number of amides is 1. The normalized spacial score (nSPS) is 14.7. The van der Waals surface area contributed by atoms with Gasteiger partial charge in [-0.05, 0) is 30.5 Å². The summed E-state index contributed by atoms with van der Waals surface area (Å²) in [5.41, 5.74) is 2.38. The van der Waals surface area contributed by atoms with Crippen LogP contribution in [0.4, 0.5) is 0 Å². The van der Waals surface area contributed by atoms with E-state index in [0.29, 0.717) is 24.8 Å². The number of benzene rings is 1. The summed E-state index contributed by atoms with van der Waals surface area (Å²) in [6.07, 6.45) is 8.66. The first-order valence-electron chi connectivity index (χ1n) is 10.7. The maximum atomic E-state index is 12.5. The van der Waals surface area contributed by atoms with Crippen LogP contribution in [-0.2, 0) is 24.8 Å². The molecule has 1 aliphatic carbocycles. The minimum Gasteiger partial charge on any atom is -0.354 e. The van der Waals surface area contributed by atoms with Crippen molar-refractivity contribution in [2.45, 2.75) is 56.3 Å². The Morgan fingerprint density at radius 2 is 1.90 bits per heavy atom. The molecule has 1 fully saturated rings. The van der Waals surface area contributed by atoms with Gasteiger partial charge in [-0.15, -0.1) is 10.2 Å². The maximum Gasteiger partial charge on any atom is 0.230 e. The third-order valence-electron chi connectivity index (χ3n) is 5.67. The number of nitrogens with one attached hydrogen (secondary N) is 1. The SMILES string of the molecule is Cn1cccc1Cc1nnc(SCC(=O)NC2CCCCC2)n1Cc1ccccc1. The van der Waals surface area contributed by atoms with E-state index in [1.165, 1.54) is 42.3 Å². The number of hydrogen-bond acceptors (Lipinski definition) is 4. The third kappa shape index (κ3) is 5.33. The summed E-state index contributed by atoms with van der Waals surface area (Å²) in [5.74, 6) is 1.37. The Morgan fingerprint density at radius 1 is 1.10 bits per heavy atom. The molecule has 0 atom stereocenters. The van der Waals surface area contributed by atoms with Crippen LogP contribution in [-0.4, -0.2) is 37.0 Å². The Hall–Kier alpha value is -2.54. The highest BCUT2D eigenvalue weighted by atomic mass is 32.2. The van der Waals surface area contributed by atoms with Gasteiger partial charge in [-0.1, -0.05) is 61.4 Å². The fourth-order valence-electron chi connectivity index (χ4n) is 3.97. The van der Waals surface area contributed by atoms with E-state index < -0.39 is 0 Å². The molecule has 1 saturated carbocycles. The number of thioether (sulfide) groups is 1. The second kappa shape index (κ2) is 9.98. The van der Waals surface area contributed by atoms with Gasteiger partial charge in [0.25, 0.3) is 0 Å². The lowest BCUT2D eigenvalue weighted by atomic mass is 9.95. The molecule has 6 nitrogen and oxygen atoms in total. The molecule has 2 heterocycles. The first-order chi connectivity index (χ1) is 14.7. The number of hydrogen-bond donors (Lipinski definition) is 1. The van der Waals surface area contributed by atoms with E-state index in [2.05, 4.69) is 42.8 Å². The number of carbonyl (C=O) groups excluding carboxylic acids is 1. The molecule has 7 heteroatoms. The van der Waals surface area contributed by atoms with E-state index >= 15 is 0 Å². The van der Waals surface area contributed by atoms with Crippen LogP contribution in [0.3, 0.4) is 0 Å². The summed E-state index contributed by atoms with van der Waals surface area (Å²) >= 11 is 1.47. The minimum absolute atomic E-state index is 0.0881. The van der Waals surface area contributed by atoms with Crippen LogP contribution >= 0.6 is 11.8 Å². The molecular weight excluding hydrogens is 394 g/mol. The smallest absolute Gasteiger partial charge is 0.230 e. The summed E-state index contributed by atoms with van der Waals surface area (Å²) in [7, 11) is 2.04. The van der Waals surface area contributed by atoms with Crippen molar-refractivity contribution >= 4 is 17.7 Å². The molecule has 2 aromatic heterocycles. The Bertz CT molecular complexity index is 959. The van der Waals surface area contributed by atoms with Crippen molar-refractivity contribution in [1.29, 1.82) is 0 Å². The zero-order chi connectivity index (χ0) is 20.8.